The second-order valence-corrected chi connectivity index (χ2v) is 11.7. The lowest BCUT2D eigenvalue weighted by Crippen LogP contribution is -2.39. The van der Waals surface area contributed by atoms with Crippen LogP contribution >= 0.6 is 11.6 Å². The second kappa shape index (κ2) is 10.6. The van der Waals surface area contributed by atoms with E-state index in [1.165, 1.54) is 18.4 Å². The van der Waals surface area contributed by atoms with Crippen molar-refractivity contribution < 1.29 is 9.90 Å². The number of fused-ring (bicyclic) bond motifs is 1. The fraction of sp³-hybridized carbons (Fsp3) is 0.400. The van der Waals surface area contributed by atoms with Gasteiger partial charge in [-0.25, -0.2) is 19.7 Å². The average molecular weight is 558 g/mol. The van der Waals surface area contributed by atoms with Crippen molar-refractivity contribution in [3.63, 3.8) is 0 Å². The Hall–Kier alpha value is -3.85. The number of nitrogens with zero attached hydrogens (tertiary/aromatic N) is 5. The highest BCUT2D eigenvalue weighted by Gasteiger charge is 2.45. The van der Waals surface area contributed by atoms with Crippen LogP contribution in [0.2, 0.25) is 5.02 Å². The molecule has 0 radical (unpaired) electrons. The first-order valence-corrected chi connectivity index (χ1v) is 14.3. The molecule has 40 heavy (non-hydrogen) atoms. The molecule has 3 aromatic heterocycles. The van der Waals surface area contributed by atoms with Gasteiger partial charge < -0.3 is 9.67 Å². The molecule has 0 atom stereocenters. The van der Waals surface area contributed by atoms with E-state index in [1.54, 1.807) is 18.5 Å². The summed E-state index contributed by atoms with van der Waals surface area (Å²) in [6.07, 6.45) is 9.67. The van der Waals surface area contributed by atoms with Crippen LogP contribution in [-0.2, 0) is 12.0 Å². The van der Waals surface area contributed by atoms with E-state index < -0.39 is 11.9 Å². The predicted molar refractivity (Wildman–Crippen MR) is 154 cm³/mol. The first kappa shape index (κ1) is 26.4. The molecule has 6 rings (SSSR count). The fourth-order valence-electron chi connectivity index (χ4n) is 6.30. The van der Waals surface area contributed by atoms with E-state index in [2.05, 4.69) is 51.0 Å². The topological polar surface area (TPSA) is 130 Å². The third-order valence-electron chi connectivity index (χ3n) is 8.57. The Bertz CT molecular complexity index is 1570. The van der Waals surface area contributed by atoms with E-state index in [4.69, 9.17) is 27.0 Å². The highest BCUT2D eigenvalue weighted by Crippen LogP contribution is 2.50. The number of pyridine rings is 1. The van der Waals surface area contributed by atoms with Crippen LogP contribution in [0.4, 0.5) is 4.79 Å². The van der Waals surface area contributed by atoms with E-state index in [-0.39, 0.29) is 11.2 Å². The number of halogens is 1. The van der Waals surface area contributed by atoms with Gasteiger partial charge in [0.2, 0.25) is 0 Å². The molecule has 0 unspecified atom stereocenters. The summed E-state index contributed by atoms with van der Waals surface area (Å²) in [6.45, 7) is 3.12. The summed E-state index contributed by atoms with van der Waals surface area (Å²) in [5.41, 5.74) is 3.40. The zero-order valence-corrected chi connectivity index (χ0v) is 23.2. The maximum absolute atomic E-state index is 11.3. The Morgan fingerprint density at radius 3 is 2.52 bits per heavy atom. The molecule has 206 valence electrons. The van der Waals surface area contributed by atoms with Crippen LogP contribution in [0.3, 0.4) is 0 Å². The van der Waals surface area contributed by atoms with Gasteiger partial charge in [0.1, 0.15) is 17.0 Å². The first-order valence-electron chi connectivity index (χ1n) is 13.9. The quantitative estimate of drug-likeness (QED) is 0.185. The fourth-order valence-corrected chi connectivity index (χ4v) is 6.47. The van der Waals surface area contributed by atoms with Gasteiger partial charge in [-0.2, -0.15) is 0 Å². The summed E-state index contributed by atoms with van der Waals surface area (Å²) in [5.74, 6) is 1.74. The summed E-state index contributed by atoms with van der Waals surface area (Å²) in [7, 11) is 0. The van der Waals surface area contributed by atoms with Gasteiger partial charge in [0.15, 0.2) is 17.3 Å². The number of amides is 1. The normalized spacial score (nSPS) is 20.1. The maximum Gasteiger partial charge on any atom is 0.410 e. The Morgan fingerprint density at radius 2 is 1.88 bits per heavy atom. The van der Waals surface area contributed by atoms with Crippen molar-refractivity contribution in [2.75, 3.05) is 0 Å². The predicted octanol–water partition coefficient (Wildman–Crippen LogP) is 6.43. The molecule has 10 heteroatoms. The van der Waals surface area contributed by atoms with Gasteiger partial charge in [-0.15, -0.1) is 0 Å². The van der Waals surface area contributed by atoms with E-state index in [0.717, 1.165) is 55.9 Å². The number of rotatable bonds is 6. The van der Waals surface area contributed by atoms with Crippen molar-refractivity contribution in [2.24, 2.45) is 11.8 Å². The van der Waals surface area contributed by atoms with Gasteiger partial charge in [-0.3, -0.25) is 15.7 Å². The lowest BCUT2D eigenvalue weighted by molar-refractivity contribution is 0.200. The molecule has 1 amide bonds. The first-order chi connectivity index (χ1) is 19.3. The zero-order valence-electron chi connectivity index (χ0n) is 22.4. The summed E-state index contributed by atoms with van der Waals surface area (Å²) in [5, 5.41) is 20.1. The van der Waals surface area contributed by atoms with Crippen molar-refractivity contribution in [1.82, 2.24) is 29.8 Å². The Morgan fingerprint density at radius 1 is 1.12 bits per heavy atom. The highest BCUT2D eigenvalue weighted by atomic mass is 35.5. The Balaban J connectivity index is 1.60. The largest absolute Gasteiger partial charge is 0.465 e. The third-order valence-corrected chi connectivity index (χ3v) is 8.78. The molecule has 2 saturated carbocycles. The molecule has 9 nitrogen and oxygen atoms in total. The molecule has 0 spiro atoms. The van der Waals surface area contributed by atoms with Gasteiger partial charge in [-0.05, 0) is 49.1 Å². The van der Waals surface area contributed by atoms with Crippen molar-refractivity contribution in [3.05, 3.63) is 71.0 Å². The van der Waals surface area contributed by atoms with Crippen LogP contribution in [-0.4, -0.2) is 41.5 Å². The van der Waals surface area contributed by atoms with Crippen LogP contribution in [0.5, 0.6) is 0 Å². The maximum atomic E-state index is 11.3. The second-order valence-electron chi connectivity index (χ2n) is 11.2. The number of hydrogen-bond donors (Lipinski definition) is 3. The Kier molecular flexibility index (Phi) is 7.00. The zero-order chi connectivity index (χ0) is 27.9. The Labute approximate surface area is 237 Å². The minimum Gasteiger partial charge on any atom is -0.465 e. The molecule has 0 aliphatic heterocycles. The number of imidazole rings is 1. The number of aromatic nitrogens is 5. The molecule has 1 aromatic carbocycles. The summed E-state index contributed by atoms with van der Waals surface area (Å²) >= 11 is 6.35. The van der Waals surface area contributed by atoms with Gasteiger partial charge in [0.05, 0.1) is 10.4 Å². The molecule has 0 bridgehead atoms. The molecule has 3 heterocycles. The van der Waals surface area contributed by atoms with Gasteiger partial charge in [0, 0.05) is 24.5 Å². The summed E-state index contributed by atoms with van der Waals surface area (Å²) < 4.78 is 2.32. The molecule has 3 N–H and O–H groups in total. The van der Waals surface area contributed by atoms with Crippen molar-refractivity contribution in [1.29, 1.82) is 5.41 Å². The number of hydrogen-bond acceptors (Lipinski definition) is 6. The molecule has 2 aliphatic carbocycles. The third kappa shape index (κ3) is 4.83. The van der Waals surface area contributed by atoms with Crippen LogP contribution in [0.1, 0.15) is 69.1 Å². The summed E-state index contributed by atoms with van der Waals surface area (Å²) in [4.78, 5) is 30.2. The van der Waals surface area contributed by atoms with Crippen LogP contribution < -0.4 is 5.32 Å². The lowest BCUT2D eigenvalue weighted by Gasteiger charge is -2.42. The van der Waals surface area contributed by atoms with E-state index in [1.807, 2.05) is 6.07 Å². The SMILES string of the molecule is CC1CCC(Cn2c(C3(c4ccccc4)CCC3)nc3nc(C(=N)NC(=O)O)nc(-c4cncc(Cl)c4)c32)CC1. The van der Waals surface area contributed by atoms with Gasteiger partial charge in [0.25, 0.3) is 0 Å². The number of amidine groups is 1. The van der Waals surface area contributed by atoms with E-state index >= 15 is 0 Å². The highest BCUT2D eigenvalue weighted by molar-refractivity contribution is 6.30. The molecular weight excluding hydrogens is 526 g/mol. The molecule has 2 aliphatic rings. The van der Waals surface area contributed by atoms with Gasteiger partial charge >= 0.3 is 6.09 Å². The number of nitrogens with one attached hydrogen (secondary N) is 2. The minimum absolute atomic E-state index is 0.0464. The van der Waals surface area contributed by atoms with E-state index in [0.29, 0.717) is 27.8 Å². The average Bonchev–Trinajstić information content (AvgIpc) is 3.27. The van der Waals surface area contributed by atoms with Crippen LogP contribution in [0.15, 0.2) is 48.8 Å². The molecule has 2 fully saturated rings. The van der Waals surface area contributed by atoms with Crippen molar-refractivity contribution in [2.45, 2.75) is 63.8 Å². The van der Waals surface area contributed by atoms with Gasteiger partial charge in [-0.1, -0.05) is 68.1 Å². The van der Waals surface area contributed by atoms with Crippen molar-refractivity contribution in [3.8, 4) is 11.3 Å². The number of benzene rings is 1. The standard InChI is InChI=1S/C30H32ClN7O2/c1-18-8-10-19(11-9-18)17-38-24-23(20-14-22(31)16-33-15-20)34-27(25(32)35-29(39)40)36-26(24)37-28(38)30(12-5-13-30)21-6-3-2-4-7-21/h2-4,6-7,14-16,18-19H,5,8-13,17H2,1H3,(H2,32,35)(H,39,40). The summed E-state index contributed by atoms with van der Waals surface area (Å²) in [6, 6.07) is 12.3. The lowest BCUT2D eigenvalue weighted by atomic mass is 9.63. The molecule has 0 saturated heterocycles. The number of carboxylic acid groups (broad SMARTS) is 1. The smallest absolute Gasteiger partial charge is 0.410 e. The monoisotopic (exact) mass is 557 g/mol. The minimum atomic E-state index is -1.35. The molecular formula is C30H32ClN7O2. The van der Waals surface area contributed by atoms with E-state index in [9.17, 15) is 9.90 Å². The van der Waals surface area contributed by atoms with Crippen LogP contribution in [0.25, 0.3) is 22.4 Å². The number of carbonyl (C=O) groups is 1. The van der Waals surface area contributed by atoms with Crippen molar-refractivity contribution >= 4 is 34.7 Å². The van der Waals surface area contributed by atoms with Crippen LogP contribution in [0, 0.1) is 17.2 Å². The molecule has 4 aromatic rings.